The normalized spacial score (nSPS) is 10.6. The summed E-state index contributed by atoms with van der Waals surface area (Å²) in [6.07, 6.45) is 3.12. The third kappa shape index (κ3) is 2.68. The molecule has 2 aromatic heterocycles. The fourth-order valence-corrected chi connectivity index (χ4v) is 2.29. The number of aromatic nitrogens is 3. The molecule has 7 heteroatoms. The number of carboxylic acid groups (broad SMARTS) is 1. The Kier molecular flexibility index (Phi) is 3.60. The van der Waals surface area contributed by atoms with E-state index >= 15 is 0 Å². The highest BCUT2D eigenvalue weighted by Gasteiger charge is 2.17. The van der Waals surface area contributed by atoms with Gasteiger partial charge in [-0.1, -0.05) is 11.6 Å². The van der Waals surface area contributed by atoms with Gasteiger partial charge < -0.3 is 5.11 Å². The molecule has 0 unspecified atom stereocenters. The van der Waals surface area contributed by atoms with Gasteiger partial charge in [0.2, 0.25) is 0 Å². The molecule has 5 nitrogen and oxygen atoms in total. The average Bonchev–Trinajstić information content (AvgIpc) is 2.92. The molecule has 3 rings (SSSR count). The molecule has 0 saturated heterocycles. The molecule has 0 saturated carbocycles. The number of benzene rings is 1. The standard InChI is InChI=1S/C15H9ClFN3O2/c16-10-4-9(5-11(17)6-10)14-7-13(15(21)22)19-20(14)12-2-1-3-18-8-12/h1-8H,(H,21,22). The van der Waals surface area contributed by atoms with E-state index in [4.69, 9.17) is 16.7 Å². The molecule has 3 aromatic rings. The van der Waals surface area contributed by atoms with Crippen LogP contribution in [-0.4, -0.2) is 25.8 Å². The minimum atomic E-state index is -1.17. The lowest BCUT2D eigenvalue weighted by Crippen LogP contribution is -2.02. The SMILES string of the molecule is O=C(O)c1cc(-c2cc(F)cc(Cl)c2)n(-c2cccnc2)n1. The second-order valence-electron chi connectivity index (χ2n) is 4.50. The summed E-state index contributed by atoms with van der Waals surface area (Å²) in [5.41, 5.74) is 1.24. The number of nitrogens with zero attached hydrogens (tertiary/aromatic N) is 3. The third-order valence-corrected chi connectivity index (χ3v) is 3.20. The van der Waals surface area contributed by atoms with Crippen LogP contribution in [0.2, 0.25) is 5.02 Å². The number of pyridine rings is 1. The molecular formula is C15H9ClFN3O2. The Morgan fingerprint density at radius 1 is 1.27 bits per heavy atom. The molecule has 1 aromatic carbocycles. The van der Waals surface area contributed by atoms with Gasteiger partial charge >= 0.3 is 5.97 Å². The fraction of sp³-hybridized carbons (Fsp3) is 0. The van der Waals surface area contributed by atoms with Crippen molar-refractivity contribution in [3.8, 4) is 16.9 Å². The molecule has 2 heterocycles. The van der Waals surface area contributed by atoms with Crippen molar-refractivity contribution in [2.45, 2.75) is 0 Å². The van der Waals surface area contributed by atoms with E-state index in [-0.39, 0.29) is 10.7 Å². The molecule has 0 aliphatic heterocycles. The van der Waals surface area contributed by atoms with Crippen molar-refractivity contribution in [1.82, 2.24) is 14.8 Å². The molecular weight excluding hydrogens is 309 g/mol. The number of aromatic carboxylic acids is 1. The van der Waals surface area contributed by atoms with Crippen LogP contribution in [0.1, 0.15) is 10.5 Å². The molecule has 0 radical (unpaired) electrons. The largest absolute Gasteiger partial charge is 0.476 e. The van der Waals surface area contributed by atoms with Crippen LogP contribution < -0.4 is 0 Å². The van der Waals surface area contributed by atoms with Gasteiger partial charge in [0.25, 0.3) is 0 Å². The van der Waals surface area contributed by atoms with Gasteiger partial charge in [-0.25, -0.2) is 13.9 Å². The van der Waals surface area contributed by atoms with Crippen LogP contribution >= 0.6 is 11.6 Å². The number of hydrogen-bond acceptors (Lipinski definition) is 3. The summed E-state index contributed by atoms with van der Waals surface area (Å²) in [4.78, 5) is 15.1. The summed E-state index contributed by atoms with van der Waals surface area (Å²) >= 11 is 5.87. The van der Waals surface area contributed by atoms with Crippen molar-refractivity contribution in [3.05, 3.63) is 65.3 Å². The lowest BCUT2D eigenvalue weighted by molar-refractivity contribution is 0.0690. The first-order valence-electron chi connectivity index (χ1n) is 6.25. The minimum Gasteiger partial charge on any atom is -0.476 e. The van der Waals surface area contributed by atoms with E-state index in [0.29, 0.717) is 16.9 Å². The number of halogens is 2. The second kappa shape index (κ2) is 5.57. The van der Waals surface area contributed by atoms with Crippen LogP contribution in [0.3, 0.4) is 0 Å². The Morgan fingerprint density at radius 3 is 2.73 bits per heavy atom. The predicted molar refractivity (Wildman–Crippen MR) is 78.7 cm³/mol. The number of carboxylic acids is 1. The zero-order valence-electron chi connectivity index (χ0n) is 11.1. The molecule has 110 valence electrons. The van der Waals surface area contributed by atoms with E-state index < -0.39 is 11.8 Å². The Bertz CT molecular complexity index is 829. The lowest BCUT2D eigenvalue weighted by atomic mass is 10.1. The van der Waals surface area contributed by atoms with Gasteiger partial charge in [-0.15, -0.1) is 0 Å². The van der Waals surface area contributed by atoms with Crippen LogP contribution in [0.15, 0.2) is 48.8 Å². The highest BCUT2D eigenvalue weighted by molar-refractivity contribution is 6.30. The molecule has 22 heavy (non-hydrogen) atoms. The van der Waals surface area contributed by atoms with Gasteiger partial charge in [0.05, 0.1) is 17.6 Å². The molecule has 0 aliphatic carbocycles. The molecule has 0 spiro atoms. The summed E-state index contributed by atoms with van der Waals surface area (Å²) < 4.78 is 15.0. The van der Waals surface area contributed by atoms with E-state index in [2.05, 4.69) is 10.1 Å². The van der Waals surface area contributed by atoms with Gasteiger partial charge in [-0.2, -0.15) is 5.10 Å². The van der Waals surface area contributed by atoms with E-state index in [1.165, 1.54) is 29.1 Å². The Morgan fingerprint density at radius 2 is 2.09 bits per heavy atom. The van der Waals surface area contributed by atoms with Crippen LogP contribution in [-0.2, 0) is 0 Å². The van der Waals surface area contributed by atoms with E-state index in [1.54, 1.807) is 24.4 Å². The average molecular weight is 318 g/mol. The van der Waals surface area contributed by atoms with Crippen molar-refractivity contribution in [1.29, 1.82) is 0 Å². The smallest absolute Gasteiger partial charge is 0.356 e. The molecule has 0 bridgehead atoms. The zero-order chi connectivity index (χ0) is 15.7. The first-order valence-corrected chi connectivity index (χ1v) is 6.62. The van der Waals surface area contributed by atoms with Crippen LogP contribution in [0.5, 0.6) is 0 Å². The van der Waals surface area contributed by atoms with Gasteiger partial charge in [0.15, 0.2) is 5.69 Å². The van der Waals surface area contributed by atoms with E-state index in [1.807, 2.05) is 0 Å². The van der Waals surface area contributed by atoms with Gasteiger partial charge in [-0.3, -0.25) is 4.98 Å². The first kappa shape index (κ1) is 14.2. The fourth-order valence-electron chi connectivity index (χ4n) is 2.07. The van der Waals surface area contributed by atoms with Crippen LogP contribution in [0.25, 0.3) is 16.9 Å². The summed E-state index contributed by atoms with van der Waals surface area (Å²) in [7, 11) is 0. The Hall–Kier alpha value is -2.73. The summed E-state index contributed by atoms with van der Waals surface area (Å²) in [5, 5.41) is 13.4. The summed E-state index contributed by atoms with van der Waals surface area (Å²) in [6, 6.07) is 8.76. The molecule has 0 atom stereocenters. The quantitative estimate of drug-likeness (QED) is 0.803. The maximum Gasteiger partial charge on any atom is 0.356 e. The maximum atomic E-state index is 13.6. The Balaban J connectivity index is 2.23. The molecule has 0 aliphatic rings. The third-order valence-electron chi connectivity index (χ3n) is 2.98. The lowest BCUT2D eigenvalue weighted by Gasteiger charge is -2.07. The second-order valence-corrected chi connectivity index (χ2v) is 4.94. The van der Waals surface area contributed by atoms with E-state index in [0.717, 1.165) is 0 Å². The molecule has 1 N–H and O–H groups in total. The highest BCUT2D eigenvalue weighted by Crippen LogP contribution is 2.27. The summed E-state index contributed by atoms with van der Waals surface area (Å²) in [6.45, 7) is 0. The van der Waals surface area contributed by atoms with Crippen molar-refractivity contribution >= 4 is 17.6 Å². The van der Waals surface area contributed by atoms with Crippen molar-refractivity contribution in [3.63, 3.8) is 0 Å². The van der Waals surface area contributed by atoms with Crippen molar-refractivity contribution < 1.29 is 14.3 Å². The number of rotatable bonds is 3. The Labute approximate surface area is 129 Å². The number of carbonyl (C=O) groups is 1. The zero-order valence-corrected chi connectivity index (χ0v) is 11.8. The maximum absolute atomic E-state index is 13.6. The highest BCUT2D eigenvalue weighted by atomic mass is 35.5. The van der Waals surface area contributed by atoms with Crippen molar-refractivity contribution in [2.75, 3.05) is 0 Å². The minimum absolute atomic E-state index is 0.153. The topological polar surface area (TPSA) is 68.0 Å². The molecule has 0 fully saturated rings. The summed E-state index contributed by atoms with van der Waals surface area (Å²) in [5.74, 6) is -1.69. The first-order chi connectivity index (χ1) is 10.5. The van der Waals surface area contributed by atoms with Crippen LogP contribution in [0.4, 0.5) is 4.39 Å². The van der Waals surface area contributed by atoms with E-state index in [9.17, 15) is 9.18 Å². The van der Waals surface area contributed by atoms with Crippen LogP contribution in [0, 0.1) is 5.82 Å². The van der Waals surface area contributed by atoms with Gasteiger partial charge in [0.1, 0.15) is 5.82 Å². The predicted octanol–water partition coefficient (Wildman–Crippen LogP) is 3.43. The van der Waals surface area contributed by atoms with Gasteiger partial charge in [0, 0.05) is 16.8 Å². The number of hydrogen-bond donors (Lipinski definition) is 1. The monoisotopic (exact) mass is 317 g/mol. The van der Waals surface area contributed by atoms with Gasteiger partial charge in [-0.05, 0) is 36.4 Å². The van der Waals surface area contributed by atoms with Crippen molar-refractivity contribution in [2.24, 2.45) is 0 Å². The molecule has 0 amide bonds.